The fraction of sp³-hybridized carbons (Fsp3) is 0.333. The Morgan fingerprint density at radius 1 is 1.13 bits per heavy atom. The Kier molecular flexibility index (Phi) is 9.59. The number of carbonyl (C=O) groups excluding carboxylic acids is 2. The van der Waals surface area contributed by atoms with Gasteiger partial charge in [-0.05, 0) is 61.6 Å². The average molecular weight is 529 g/mol. The number of pyridine rings is 1. The SMILES string of the molecule is N#Cc1ccccc1-c1ccc(C(=O)NCC2CCCCN2C(=O)CCN)c(NCCc2cccc(F)c2)n1. The lowest BCUT2D eigenvalue weighted by Crippen LogP contribution is -2.49. The predicted molar refractivity (Wildman–Crippen MR) is 148 cm³/mol. The van der Waals surface area contributed by atoms with E-state index in [2.05, 4.69) is 16.7 Å². The number of halogens is 1. The zero-order valence-corrected chi connectivity index (χ0v) is 21.8. The Hall–Kier alpha value is -4.29. The third-order valence-corrected chi connectivity index (χ3v) is 6.86. The third kappa shape index (κ3) is 7.18. The molecule has 2 aromatic carbocycles. The molecule has 2 amide bonds. The number of benzene rings is 2. The molecule has 1 aliphatic heterocycles. The van der Waals surface area contributed by atoms with Gasteiger partial charge in [-0.3, -0.25) is 9.59 Å². The molecule has 1 unspecified atom stereocenters. The number of aromatic nitrogens is 1. The second-order valence-corrected chi connectivity index (χ2v) is 9.54. The first-order chi connectivity index (χ1) is 19.0. The van der Waals surface area contributed by atoms with Gasteiger partial charge in [-0.15, -0.1) is 0 Å². The number of hydrogen-bond acceptors (Lipinski definition) is 6. The molecule has 4 N–H and O–H groups in total. The highest BCUT2D eigenvalue weighted by molar-refractivity contribution is 5.99. The normalized spacial score (nSPS) is 14.9. The van der Waals surface area contributed by atoms with Crippen LogP contribution in [0.2, 0.25) is 0 Å². The van der Waals surface area contributed by atoms with Gasteiger partial charge >= 0.3 is 0 Å². The highest BCUT2D eigenvalue weighted by Crippen LogP contribution is 2.25. The van der Waals surface area contributed by atoms with Crippen LogP contribution in [0, 0.1) is 17.1 Å². The van der Waals surface area contributed by atoms with Gasteiger partial charge in [0, 0.05) is 44.2 Å². The monoisotopic (exact) mass is 528 g/mol. The largest absolute Gasteiger partial charge is 0.369 e. The molecule has 1 aromatic heterocycles. The maximum absolute atomic E-state index is 13.6. The molecule has 1 saturated heterocycles. The zero-order chi connectivity index (χ0) is 27.6. The summed E-state index contributed by atoms with van der Waals surface area (Å²) in [6, 6.07) is 19.0. The second kappa shape index (κ2) is 13.5. The summed E-state index contributed by atoms with van der Waals surface area (Å²) in [6.07, 6.45) is 3.57. The Morgan fingerprint density at radius 3 is 2.77 bits per heavy atom. The van der Waals surface area contributed by atoms with Crippen molar-refractivity contribution >= 4 is 17.6 Å². The van der Waals surface area contributed by atoms with Gasteiger partial charge in [0.05, 0.1) is 22.9 Å². The molecule has 2 heterocycles. The molecule has 39 heavy (non-hydrogen) atoms. The Bertz CT molecular complexity index is 1360. The molecule has 0 radical (unpaired) electrons. The van der Waals surface area contributed by atoms with Crippen molar-refractivity contribution in [2.24, 2.45) is 5.73 Å². The van der Waals surface area contributed by atoms with E-state index in [9.17, 15) is 19.2 Å². The van der Waals surface area contributed by atoms with E-state index in [0.29, 0.717) is 67.2 Å². The Morgan fingerprint density at radius 2 is 1.97 bits per heavy atom. The van der Waals surface area contributed by atoms with Crippen LogP contribution in [0.15, 0.2) is 60.7 Å². The molecule has 4 rings (SSSR count). The number of nitriles is 1. The number of rotatable bonds is 10. The second-order valence-electron chi connectivity index (χ2n) is 9.54. The lowest BCUT2D eigenvalue weighted by molar-refractivity contribution is -0.134. The molecular weight excluding hydrogens is 495 g/mol. The number of anilines is 1. The first kappa shape index (κ1) is 27.7. The van der Waals surface area contributed by atoms with Gasteiger partial charge in [-0.2, -0.15) is 5.26 Å². The van der Waals surface area contributed by atoms with E-state index in [1.807, 2.05) is 23.1 Å². The van der Waals surface area contributed by atoms with Gasteiger partial charge < -0.3 is 21.3 Å². The van der Waals surface area contributed by atoms with Crippen molar-refractivity contribution in [1.82, 2.24) is 15.2 Å². The standard InChI is InChI=1S/C30H33FN6O2/c31-23-8-5-6-21(18-23)14-16-34-29-26(11-12-27(36-29)25-10-2-1-7-22(25)19-33)30(39)35-20-24-9-3-4-17-37(24)28(38)13-15-32/h1-2,5-8,10-12,18,24H,3-4,9,13-17,20,32H2,(H,34,36)(H,35,39). The predicted octanol–water partition coefficient (Wildman–Crippen LogP) is 3.87. The lowest BCUT2D eigenvalue weighted by Gasteiger charge is -2.36. The Labute approximate surface area is 228 Å². The first-order valence-corrected chi connectivity index (χ1v) is 13.3. The molecule has 1 atom stereocenters. The van der Waals surface area contributed by atoms with Crippen LogP contribution >= 0.6 is 0 Å². The quantitative estimate of drug-likeness (QED) is 0.367. The summed E-state index contributed by atoms with van der Waals surface area (Å²) in [5, 5.41) is 15.8. The molecule has 0 aliphatic carbocycles. The molecule has 0 spiro atoms. The fourth-order valence-electron chi connectivity index (χ4n) is 4.86. The van der Waals surface area contributed by atoms with Crippen molar-refractivity contribution in [3.63, 3.8) is 0 Å². The summed E-state index contributed by atoms with van der Waals surface area (Å²) in [4.78, 5) is 32.4. The number of likely N-dealkylation sites (tertiary alicyclic amines) is 1. The van der Waals surface area contributed by atoms with Gasteiger partial charge in [0.1, 0.15) is 11.6 Å². The molecule has 202 valence electrons. The van der Waals surface area contributed by atoms with E-state index < -0.39 is 0 Å². The summed E-state index contributed by atoms with van der Waals surface area (Å²) >= 11 is 0. The summed E-state index contributed by atoms with van der Waals surface area (Å²) in [7, 11) is 0. The summed E-state index contributed by atoms with van der Waals surface area (Å²) < 4.78 is 13.6. The zero-order valence-electron chi connectivity index (χ0n) is 21.8. The van der Waals surface area contributed by atoms with Gasteiger partial charge in [0.15, 0.2) is 0 Å². The topological polar surface area (TPSA) is 124 Å². The molecule has 3 aromatic rings. The number of nitrogens with zero attached hydrogens (tertiary/aromatic N) is 3. The van der Waals surface area contributed by atoms with Crippen LogP contribution in [-0.4, -0.2) is 53.9 Å². The third-order valence-electron chi connectivity index (χ3n) is 6.86. The molecule has 0 bridgehead atoms. The number of nitrogens with two attached hydrogens (primary N) is 1. The average Bonchev–Trinajstić information content (AvgIpc) is 2.96. The highest BCUT2D eigenvalue weighted by atomic mass is 19.1. The van der Waals surface area contributed by atoms with Crippen molar-refractivity contribution in [1.29, 1.82) is 5.26 Å². The molecule has 0 saturated carbocycles. The number of carbonyl (C=O) groups is 2. The highest BCUT2D eigenvalue weighted by Gasteiger charge is 2.27. The number of piperidine rings is 1. The fourth-order valence-corrected chi connectivity index (χ4v) is 4.86. The maximum atomic E-state index is 13.6. The number of nitrogens with one attached hydrogen (secondary N) is 2. The first-order valence-electron chi connectivity index (χ1n) is 13.3. The van der Waals surface area contributed by atoms with Crippen LogP contribution in [0.3, 0.4) is 0 Å². The smallest absolute Gasteiger partial charge is 0.255 e. The molecule has 1 fully saturated rings. The maximum Gasteiger partial charge on any atom is 0.255 e. The molecule has 8 nitrogen and oxygen atoms in total. The summed E-state index contributed by atoms with van der Waals surface area (Å²) in [5.74, 6) is -0.234. The van der Waals surface area contributed by atoms with Crippen LogP contribution in [0.25, 0.3) is 11.3 Å². The van der Waals surface area contributed by atoms with Crippen LogP contribution in [0.1, 0.15) is 47.2 Å². The van der Waals surface area contributed by atoms with Crippen molar-refractivity contribution in [2.45, 2.75) is 38.1 Å². The van der Waals surface area contributed by atoms with Crippen molar-refractivity contribution in [3.8, 4) is 17.3 Å². The van der Waals surface area contributed by atoms with Crippen molar-refractivity contribution < 1.29 is 14.0 Å². The van der Waals surface area contributed by atoms with E-state index in [4.69, 9.17) is 10.7 Å². The van der Waals surface area contributed by atoms with Crippen molar-refractivity contribution in [3.05, 3.63) is 83.2 Å². The summed E-state index contributed by atoms with van der Waals surface area (Å²) in [5.41, 5.74) is 8.45. The van der Waals surface area contributed by atoms with E-state index in [-0.39, 0.29) is 23.7 Å². The number of hydrogen-bond donors (Lipinski definition) is 3. The van der Waals surface area contributed by atoms with E-state index in [1.165, 1.54) is 12.1 Å². The van der Waals surface area contributed by atoms with Gasteiger partial charge in [0.2, 0.25) is 5.91 Å². The van der Waals surface area contributed by atoms with E-state index in [0.717, 1.165) is 24.8 Å². The minimum absolute atomic E-state index is 0.0123. The minimum Gasteiger partial charge on any atom is -0.369 e. The molecule has 9 heteroatoms. The summed E-state index contributed by atoms with van der Waals surface area (Å²) in [6.45, 7) is 1.72. The lowest BCUT2D eigenvalue weighted by atomic mass is 10.0. The van der Waals surface area contributed by atoms with Crippen LogP contribution in [-0.2, 0) is 11.2 Å². The van der Waals surface area contributed by atoms with Gasteiger partial charge in [-0.1, -0.05) is 30.3 Å². The van der Waals surface area contributed by atoms with Gasteiger partial charge in [-0.25, -0.2) is 9.37 Å². The molecule has 1 aliphatic rings. The molecular formula is C30H33FN6O2. The van der Waals surface area contributed by atoms with E-state index in [1.54, 1.807) is 30.3 Å². The van der Waals surface area contributed by atoms with Gasteiger partial charge in [0.25, 0.3) is 5.91 Å². The van der Waals surface area contributed by atoms with Crippen LogP contribution in [0.4, 0.5) is 10.2 Å². The van der Waals surface area contributed by atoms with Crippen LogP contribution in [0.5, 0.6) is 0 Å². The number of amides is 2. The minimum atomic E-state index is -0.312. The van der Waals surface area contributed by atoms with Crippen molar-refractivity contribution in [2.75, 3.05) is 31.5 Å². The van der Waals surface area contributed by atoms with Crippen LogP contribution < -0.4 is 16.4 Å². The Balaban J connectivity index is 1.54. The van der Waals surface area contributed by atoms with E-state index >= 15 is 0 Å².